The van der Waals surface area contributed by atoms with Gasteiger partial charge in [0.1, 0.15) is 0 Å². The predicted octanol–water partition coefficient (Wildman–Crippen LogP) is 2.93. The Bertz CT molecular complexity index is 392. The summed E-state index contributed by atoms with van der Waals surface area (Å²) in [5.41, 5.74) is 8.85. The van der Waals surface area contributed by atoms with Crippen LogP contribution < -0.4 is 11.1 Å². The molecule has 1 aliphatic carbocycles. The molecule has 0 spiro atoms. The first-order valence-corrected chi connectivity index (χ1v) is 7.38. The largest absolute Gasteiger partial charge is 0.379 e. The van der Waals surface area contributed by atoms with Crippen molar-refractivity contribution in [2.24, 2.45) is 5.73 Å². The topological polar surface area (TPSA) is 47.3 Å². The van der Waals surface area contributed by atoms with Crippen molar-refractivity contribution in [3.63, 3.8) is 0 Å². The monoisotopic (exact) mass is 262 g/mol. The van der Waals surface area contributed by atoms with Gasteiger partial charge < -0.3 is 15.8 Å². The molecular formula is C16H26N2O. The van der Waals surface area contributed by atoms with Crippen molar-refractivity contribution in [3.05, 3.63) is 35.4 Å². The highest BCUT2D eigenvalue weighted by atomic mass is 16.5. The molecule has 2 unspecified atom stereocenters. The predicted molar refractivity (Wildman–Crippen MR) is 79.1 cm³/mol. The Morgan fingerprint density at radius 3 is 2.74 bits per heavy atom. The van der Waals surface area contributed by atoms with Crippen LogP contribution in [0.5, 0.6) is 0 Å². The molecule has 3 nitrogen and oxygen atoms in total. The Kier molecular flexibility index (Phi) is 5.37. The fraction of sp³-hybridized carbons (Fsp3) is 0.625. The van der Waals surface area contributed by atoms with Gasteiger partial charge in [0.05, 0.1) is 6.10 Å². The summed E-state index contributed by atoms with van der Waals surface area (Å²) in [6.07, 6.45) is 3.63. The van der Waals surface area contributed by atoms with E-state index in [-0.39, 0.29) is 6.04 Å². The molecule has 19 heavy (non-hydrogen) atoms. The lowest BCUT2D eigenvalue weighted by Gasteiger charge is -2.14. The number of rotatable bonds is 7. The standard InChI is InChI=1S/C16H26N2O/c1-12(2)19-10-6-5-9-18-16-11-15(17)13-7-3-4-8-14(13)16/h3-4,7-8,12,15-16,18H,5-6,9-11,17H2,1-2H3. The van der Waals surface area contributed by atoms with Crippen molar-refractivity contribution < 1.29 is 4.74 Å². The number of unbranched alkanes of at least 4 members (excludes halogenated alkanes) is 1. The van der Waals surface area contributed by atoms with Crippen LogP contribution in [0.3, 0.4) is 0 Å². The third-order valence-corrected chi connectivity index (χ3v) is 3.67. The zero-order chi connectivity index (χ0) is 13.7. The van der Waals surface area contributed by atoms with Crippen molar-refractivity contribution >= 4 is 0 Å². The summed E-state index contributed by atoms with van der Waals surface area (Å²) in [5.74, 6) is 0. The van der Waals surface area contributed by atoms with Gasteiger partial charge in [0.15, 0.2) is 0 Å². The van der Waals surface area contributed by atoms with E-state index in [0.29, 0.717) is 12.1 Å². The molecule has 2 rings (SSSR count). The van der Waals surface area contributed by atoms with Gasteiger partial charge in [0.25, 0.3) is 0 Å². The summed E-state index contributed by atoms with van der Waals surface area (Å²) in [7, 11) is 0. The average molecular weight is 262 g/mol. The van der Waals surface area contributed by atoms with Crippen LogP contribution in [0, 0.1) is 0 Å². The molecule has 1 aliphatic rings. The average Bonchev–Trinajstić information content (AvgIpc) is 2.71. The Morgan fingerprint density at radius 2 is 2.00 bits per heavy atom. The zero-order valence-corrected chi connectivity index (χ0v) is 12.1. The minimum atomic E-state index is 0.193. The quantitative estimate of drug-likeness (QED) is 0.743. The Balaban J connectivity index is 1.70. The molecule has 0 radical (unpaired) electrons. The second kappa shape index (κ2) is 7.04. The summed E-state index contributed by atoms with van der Waals surface area (Å²) >= 11 is 0. The molecule has 3 N–H and O–H groups in total. The van der Waals surface area contributed by atoms with Gasteiger partial charge in [0, 0.05) is 18.7 Å². The third-order valence-electron chi connectivity index (χ3n) is 3.67. The highest BCUT2D eigenvalue weighted by Crippen LogP contribution is 2.36. The highest BCUT2D eigenvalue weighted by molar-refractivity contribution is 5.37. The van der Waals surface area contributed by atoms with Crippen molar-refractivity contribution in [1.29, 1.82) is 0 Å². The van der Waals surface area contributed by atoms with Gasteiger partial charge in [-0.2, -0.15) is 0 Å². The van der Waals surface area contributed by atoms with Crippen LogP contribution in [0.4, 0.5) is 0 Å². The normalized spacial score (nSPS) is 21.9. The molecular weight excluding hydrogens is 236 g/mol. The van der Waals surface area contributed by atoms with Crippen LogP contribution in [0.15, 0.2) is 24.3 Å². The molecule has 106 valence electrons. The summed E-state index contributed by atoms with van der Waals surface area (Å²) < 4.78 is 5.54. The Hall–Kier alpha value is -0.900. The lowest BCUT2D eigenvalue weighted by Crippen LogP contribution is -2.21. The number of hydrogen-bond donors (Lipinski definition) is 2. The fourth-order valence-electron chi connectivity index (χ4n) is 2.69. The van der Waals surface area contributed by atoms with Crippen molar-refractivity contribution in [2.75, 3.05) is 13.2 Å². The summed E-state index contributed by atoms with van der Waals surface area (Å²) in [5, 5.41) is 3.62. The van der Waals surface area contributed by atoms with E-state index in [9.17, 15) is 0 Å². The zero-order valence-electron chi connectivity index (χ0n) is 12.1. The molecule has 0 saturated heterocycles. The summed E-state index contributed by atoms with van der Waals surface area (Å²) in [6, 6.07) is 9.14. The van der Waals surface area contributed by atoms with E-state index < -0.39 is 0 Å². The van der Waals surface area contributed by atoms with Crippen LogP contribution in [-0.4, -0.2) is 19.3 Å². The number of nitrogens with one attached hydrogen (secondary N) is 1. The van der Waals surface area contributed by atoms with Crippen LogP contribution in [-0.2, 0) is 4.74 Å². The van der Waals surface area contributed by atoms with Gasteiger partial charge in [-0.05, 0) is 50.8 Å². The first-order chi connectivity index (χ1) is 9.18. The van der Waals surface area contributed by atoms with Crippen LogP contribution in [0.1, 0.15) is 56.3 Å². The first kappa shape index (κ1) is 14.5. The van der Waals surface area contributed by atoms with Gasteiger partial charge in [-0.1, -0.05) is 24.3 Å². The second-order valence-electron chi connectivity index (χ2n) is 5.60. The van der Waals surface area contributed by atoms with Crippen LogP contribution in [0.25, 0.3) is 0 Å². The SMILES string of the molecule is CC(C)OCCCCNC1CC(N)c2ccccc21. The lowest BCUT2D eigenvalue weighted by molar-refractivity contribution is 0.0759. The minimum Gasteiger partial charge on any atom is -0.379 e. The molecule has 3 heteroatoms. The molecule has 0 saturated carbocycles. The maximum absolute atomic E-state index is 6.16. The lowest BCUT2D eigenvalue weighted by atomic mass is 10.1. The molecule has 0 fully saturated rings. The first-order valence-electron chi connectivity index (χ1n) is 7.38. The molecule has 1 aromatic carbocycles. The maximum Gasteiger partial charge on any atom is 0.0518 e. The smallest absolute Gasteiger partial charge is 0.0518 e. The molecule has 2 atom stereocenters. The van der Waals surface area contributed by atoms with E-state index in [1.54, 1.807) is 0 Å². The highest BCUT2D eigenvalue weighted by Gasteiger charge is 2.27. The molecule has 0 heterocycles. The molecule has 0 aliphatic heterocycles. The minimum absolute atomic E-state index is 0.193. The van der Waals surface area contributed by atoms with Crippen LogP contribution in [0.2, 0.25) is 0 Å². The molecule has 0 amide bonds. The van der Waals surface area contributed by atoms with E-state index in [4.69, 9.17) is 10.5 Å². The molecule has 0 aromatic heterocycles. The Morgan fingerprint density at radius 1 is 1.26 bits per heavy atom. The Labute approximate surface area is 116 Å². The van der Waals surface area contributed by atoms with E-state index in [2.05, 4.69) is 43.4 Å². The van der Waals surface area contributed by atoms with E-state index in [1.165, 1.54) is 11.1 Å². The third kappa shape index (κ3) is 4.03. The fourth-order valence-corrected chi connectivity index (χ4v) is 2.69. The van der Waals surface area contributed by atoms with E-state index >= 15 is 0 Å². The molecule has 1 aromatic rings. The number of ether oxygens (including phenoxy) is 1. The van der Waals surface area contributed by atoms with E-state index in [0.717, 1.165) is 32.4 Å². The van der Waals surface area contributed by atoms with E-state index in [1.807, 2.05) is 0 Å². The number of benzene rings is 1. The van der Waals surface area contributed by atoms with Gasteiger partial charge in [0.2, 0.25) is 0 Å². The summed E-state index contributed by atoms with van der Waals surface area (Å²) in [4.78, 5) is 0. The van der Waals surface area contributed by atoms with Crippen molar-refractivity contribution in [1.82, 2.24) is 5.32 Å². The number of hydrogen-bond acceptors (Lipinski definition) is 3. The number of nitrogens with two attached hydrogens (primary N) is 1. The second-order valence-corrected chi connectivity index (χ2v) is 5.60. The van der Waals surface area contributed by atoms with Gasteiger partial charge in [-0.15, -0.1) is 0 Å². The van der Waals surface area contributed by atoms with Gasteiger partial charge >= 0.3 is 0 Å². The maximum atomic E-state index is 6.16. The van der Waals surface area contributed by atoms with Gasteiger partial charge in [-0.3, -0.25) is 0 Å². The van der Waals surface area contributed by atoms with Crippen molar-refractivity contribution in [2.45, 2.75) is 51.3 Å². The molecule has 0 bridgehead atoms. The van der Waals surface area contributed by atoms with Gasteiger partial charge in [-0.25, -0.2) is 0 Å². The van der Waals surface area contributed by atoms with Crippen molar-refractivity contribution in [3.8, 4) is 0 Å². The summed E-state index contributed by atoms with van der Waals surface area (Å²) in [6.45, 7) is 6.05. The number of fused-ring (bicyclic) bond motifs is 1. The van der Waals surface area contributed by atoms with Crippen LogP contribution >= 0.6 is 0 Å².